The van der Waals surface area contributed by atoms with Crippen molar-refractivity contribution in [2.24, 2.45) is 0 Å². The highest BCUT2D eigenvalue weighted by Gasteiger charge is 1.92. The Labute approximate surface area is 60.0 Å². The maximum atomic E-state index is 10.3. The van der Waals surface area contributed by atoms with Crippen molar-refractivity contribution in [2.45, 2.75) is 0 Å². The smallest absolute Gasteiger partial charge is 0.150 e. The SMILES string of the molecule is [CH]=Cc1ccccc1C=O. The maximum Gasteiger partial charge on any atom is 0.150 e. The molecule has 0 heterocycles. The molecule has 0 aliphatic rings. The summed E-state index contributed by atoms with van der Waals surface area (Å²) in [5, 5.41) is 0. The van der Waals surface area contributed by atoms with Gasteiger partial charge in [0.25, 0.3) is 0 Å². The average Bonchev–Trinajstić information content (AvgIpc) is 2.04. The Bertz CT molecular complexity index is 224. The van der Waals surface area contributed by atoms with E-state index in [0.29, 0.717) is 5.56 Å². The minimum Gasteiger partial charge on any atom is -0.298 e. The second-order valence-corrected chi connectivity index (χ2v) is 1.91. The van der Waals surface area contributed by atoms with E-state index in [4.69, 9.17) is 6.58 Å². The van der Waals surface area contributed by atoms with Crippen molar-refractivity contribution >= 4 is 12.4 Å². The molecule has 1 radical (unpaired) electrons. The molecule has 49 valence electrons. The van der Waals surface area contributed by atoms with Crippen molar-refractivity contribution in [3.05, 3.63) is 42.0 Å². The molecule has 0 amide bonds. The molecule has 1 rings (SSSR count). The Balaban J connectivity index is 3.20. The molecule has 0 bridgehead atoms. The molecule has 0 aromatic heterocycles. The third kappa shape index (κ3) is 1.13. The third-order valence-corrected chi connectivity index (χ3v) is 1.30. The van der Waals surface area contributed by atoms with Crippen LogP contribution in [0.25, 0.3) is 6.08 Å². The molecule has 1 aromatic rings. The number of hydrogen-bond donors (Lipinski definition) is 0. The number of rotatable bonds is 2. The molecular weight excluding hydrogens is 124 g/mol. The van der Waals surface area contributed by atoms with Crippen LogP contribution in [0.5, 0.6) is 0 Å². The van der Waals surface area contributed by atoms with Crippen LogP contribution in [0.1, 0.15) is 15.9 Å². The molecule has 10 heavy (non-hydrogen) atoms. The zero-order valence-corrected chi connectivity index (χ0v) is 5.45. The van der Waals surface area contributed by atoms with Gasteiger partial charge < -0.3 is 0 Å². The van der Waals surface area contributed by atoms with Crippen LogP contribution in [0, 0.1) is 6.58 Å². The predicted octanol–water partition coefficient (Wildman–Crippen LogP) is 1.95. The van der Waals surface area contributed by atoms with Crippen molar-refractivity contribution in [3.63, 3.8) is 0 Å². The summed E-state index contributed by atoms with van der Waals surface area (Å²) in [6, 6.07) is 7.16. The standard InChI is InChI=1S/C9H7O/c1-2-8-5-3-4-6-9(8)7-10/h1-7H. The fraction of sp³-hybridized carbons (Fsp3) is 0. The van der Waals surface area contributed by atoms with Gasteiger partial charge in [0.15, 0.2) is 6.29 Å². The monoisotopic (exact) mass is 131 g/mol. The van der Waals surface area contributed by atoms with Crippen LogP contribution in [0.15, 0.2) is 24.3 Å². The van der Waals surface area contributed by atoms with Gasteiger partial charge in [-0.15, -0.1) is 0 Å². The van der Waals surface area contributed by atoms with E-state index < -0.39 is 0 Å². The topological polar surface area (TPSA) is 17.1 Å². The lowest BCUT2D eigenvalue weighted by atomic mass is 10.1. The minimum absolute atomic E-state index is 0.630. The van der Waals surface area contributed by atoms with Gasteiger partial charge in [-0.1, -0.05) is 36.9 Å². The maximum absolute atomic E-state index is 10.3. The Morgan fingerprint density at radius 1 is 1.20 bits per heavy atom. The van der Waals surface area contributed by atoms with E-state index >= 15 is 0 Å². The third-order valence-electron chi connectivity index (χ3n) is 1.30. The van der Waals surface area contributed by atoms with Gasteiger partial charge in [0.1, 0.15) is 0 Å². The zero-order valence-electron chi connectivity index (χ0n) is 5.45. The first-order valence-corrected chi connectivity index (χ1v) is 2.97. The molecule has 1 aromatic carbocycles. The van der Waals surface area contributed by atoms with E-state index in [1.165, 1.54) is 6.08 Å². The minimum atomic E-state index is 0.630. The predicted molar refractivity (Wildman–Crippen MR) is 40.6 cm³/mol. The van der Waals surface area contributed by atoms with Gasteiger partial charge >= 0.3 is 0 Å². The Kier molecular flexibility index (Phi) is 2.00. The van der Waals surface area contributed by atoms with Crippen LogP contribution in [0.4, 0.5) is 0 Å². The van der Waals surface area contributed by atoms with Crippen molar-refractivity contribution < 1.29 is 4.79 Å². The van der Waals surface area contributed by atoms with E-state index in [-0.39, 0.29) is 0 Å². The van der Waals surface area contributed by atoms with Gasteiger partial charge in [0.05, 0.1) is 0 Å². The van der Waals surface area contributed by atoms with E-state index in [1.807, 2.05) is 6.07 Å². The lowest BCUT2D eigenvalue weighted by molar-refractivity contribution is 0.112. The Morgan fingerprint density at radius 3 is 2.20 bits per heavy atom. The molecule has 0 aliphatic heterocycles. The first-order chi connectivity index (χ1) is 4.88. The van der Waals surface area contributed by atoms with Crippen LogP contribution in [-0.4, -0.2) is 6.29 Å². The first-order valence-electron chi connectivity index (χ1n) is 2.97. The molecular formula is C9H7O. The van der Waals surface area contributed by atoms with Crippen LogP contribution < -0.4 is 0 Å². The molecule has 0 fully saturated rings. The highest BCUT2D eigenvalue weighted by Crippen LogP contribution is 2.05. The summed E-state index contributed by atoms with van der Waals surface area (Å²) in [5.74, 6) is 0. The second-order valence-electron chi connectivity index (χ2n) is 1.91. The summed E-state index contributed by atoms with van der Waals surface area (Å²) < 4.78 is 0. The van der Waals surface area contributed by atoms with Crippen LogP contribution in [0.2, 0.25) is 0 Å². The van der Waals surface area contributed by atoms with Crippen LogP contribution in [0.3, 0.4) is 0 Å². The van der Waals surface area contributed by atoms with Crippen molar-refractivity contribution in [1.29, 1.82) is 0 Å². The first kappa shape index (κ1) is 6.75. The number of carbonyl (C=O) groups is 1. The Hall–Kier alpha value is -1.37. The summed E-state index contributed by atoms with van der Waals surface area (Å²) in [5.41, 5.74) is 1.41. The summed E-state index contributed by atoms with van der Waals surface area (Å²) >= 11 is 0. The molecule has 1 heteroatoms. The summed E-state index contributed by atoms with van der Waals surface area (Å²) in [6.45, 7) is 5.24. The Morgan fingerprint density at radius 2 is 1.80 bits per heavy atom. The largest absolute Gasteiger partial charge is 0.298 e. The molecule has 0 atom stereocenters. The van der Waals surface area contributed by atoms with E-state index in [0.717, 1.165) is 11.8 Å². The highest BCUT2D eigenvalue weighted by molar-refractivity contribution is 5.81. The van der Waals surface area contributed by atoms with Crippen LogP contribution >= 0.6 is 0 Å². The van der Waals surface area contributed by atoms with Crippen molar-refractivity contribution in [3.8, 4) is 0 Å². The number of hydrogen-bond acceptors (Lipinski definition) is 1. The van der Waals surface area contributed by atoms with Gasteiger partial charge in [0, 0.05) is 5.56 Å². The molecule has 0 N–H and O–H groups in total. The van der Waals surface area contributed by atoms with Crippen molar-refractivity contribution in [1.82, 2.24) is 0 Å². The lowest BCUT2D eigenvalue weighted by Crippen LogP contribution is -1.82. The zero-order chi connectivity index (χ0) is 7.40. The molecule has 0 saturated heterocycles. The molecule has 0 saturated carbocycles. The molecule has 0 unspecified atom stereocenters. The number of carbonyl (C=O) groups excluding carboxylic acids is 1. The number of aldehydes is 1. The second kappa shape index (κ2) is 2.97. The molecule has 0 aliphatic carbocycles. The quantitative estimate of drug-likeness (QED) is 0.560. The molecule has 1 nitrogen and oxygen atoms in total. The summed E-state index contributed by atoms with van der Waals surface area (Å²) in [6.07, 6.45) is 2.21. The fourth-order valence-corrected chi connectivity index (χ4v) is 0.770. The van der Waals surface area contributed by atoms with Crippen molar-refractivity contribution in [2.75, 3.05) is 0 Å². The van der Waals surface area contributed by atoms with Gasteiger partial charge in [-0.05, 0) is 5.56 Å². The van der Waals surface area contributed by atoms with E-state index in [1.54, 1.807) is 18.2 Å². The van der Waals surface area contributed by atoms with Gasteiger partial charge in [-0.2, -0.15) is 0 Å². The average molecular weight is 131 g/mol. The van der Waals surface area contributed by atoms with Gasteiger partial charge in [-0.25, -0.2) is 0 Å². The fourth-order valence-electron chi connectivity index (χ4n) is 0.770. The lowest BCUT2D eigenvalue weighted by Gasteiger charge is -1.94. The van der Waals surface area contributed by atoms with Gasteiger partial charge in [-0.3, -0.25) is 4.79 Å². The highest BCUT2D eigenvalue weighted by atomic mass is 16.1. The van der Waals surface area contributed by atoms with Gasteiger partial charge in [0.2, 0.25) is 0 Å². The summed E-state index contributed by atoms with van der Waals surface area (Å²) in [4.78, 5) is 10.3. The van der Waals surface area contributed by atoms with Crippen LogP contribution in [-0.2, 0) is 0 Å². The summed E-state index contributed by atoms with van der Waals surface area (Å²) in [7, 11) is 0. The normalized spacial score (nSPS) is 8.80. The van der Waals surface area contributed by atoms with E-state index in [9.17, 15) is 4.79 Å². The molecule has 0 spiro atoms. The number of benzene rings is 1. The van der Waals surface area contributed by atoms with E-state index in [2.05, 4.69) is 0 Å².